The van der Waals surface area contributed by atoms with E-state index in [-0.39, 0.29) is 5.62 Å². The topological polar surface area (TPSA) is 27.6 Å². The number of amidine groups is 1. The zero-order valence-electron chi connectivity index (χ0n) is 4.85. The number of nitrogens with zero attached hydrogens (tertiary/aromatic N) is 2. The van der Waals surface area contributed by atoms with Crippen molar-refractivity contribution in [1.29, 1.82) is 0 Å². The van der Waals surface area contributed by atoms with E-state index in [4.69, 9.17) is 11.6 Å². The van der Waals surface area contributed by atoms with Crippen LogP contribution in [0, 0.1) is 0 Å². The third-order valence-electron chi connectivity index (χ3n) is 1.18. The molecule has 0 aromatic carbocycles. The molecule has 0 aromatic rings. The van der Waals surface area contributed by atoms with Crippen molar-refractivity contribution in [3.8, 4) is 0 Å². The molecule has 1 heterocycles. The molecule has 1 aliphatic heterocycles. The third-order valence-corrected chi connectivity index (χ3v) is 1.57. The number of hydrazone groups is 1. The van der Waals surface area contributed by atoms with Crippen LogP contribution in [0.15, 0.2) is 5.10 Å². The van der Waals surface area contributed by atoms with E-state index in [1.165, 1.54) is 0 Å². The highest BCUT2D eigenvalue weighted by Crippen LogP contribution is 2.04. The van der Waals surface area contributed by atoms with Crippen molar-refractivity contribution in [2.24, 2.45) is 5.10 Å². The molecule has 0 aliphatic carbocycles. The quantitative estimate of drug-likeness (QED) is 0.382. The van der Waals surface area contributed by atoms with Gasteiger partial charge in [-0.25, -0.2) is 0 Å². The van der Waals surface area contributed by atoms with E-state index in [1.54, 1.807) is 0 Å². The van der Waals surface area contributed by atoms with Crippen molar-refractivity contribution in [3.05, 3.63) is 0 Å². The van der Waals surface area contributed by atoms with Gasteiger partial charge in [0.15, 0.2) is 5.62 Å². The molecule has 46 valence electrons. The Morgan fingerprint density at radius 3 is 2.62 bits per heavy atom. The van der Waals surface area contributed by atoms with Gasteiger partial charge in [-0.1, -0.05) is 11.6 Å². The Balaban J connectivity index is 2.59. The predicted octanol–water partition coefficient (Wildman–Crippen LogP) is 0.377. The van der Waals surface area contributed by atoms with E-state index in [9.17, 15) is 0 Å². The normalized spacial score (nSPS) is 27.6. The summed E-state index contributed by atoms with van der Waals surface area (Å²) in [5.41, 5.74) is 2.54. The highest BCUT2D eigenvalue weighted by Gasteiger charge is 2.16. The Hall–Kier alpha value is -0.440. The van der Waals surface area contributed by atoms with Gasteiger partial charge in [0.2, 0.25) is 0 Å². The van der Waals surface area contributed by atoms with E-state index in [2.05, 4.69) is 10.5 Å². The standard InChI is InChI=1S/C4H8ClN3/c1-3-6-7-4(5)8(3)2/h4,7H,1-2H3. The van der Waals surface area contributed by atoms with Gasteiger partial charge in [-0.3, -0.25) is 5.43 Å². The average Bonchev–Trinajstić information content (AvgIpc) is 1.98. The van der Waals surface area contributed by atoms with Crippen LogP contribution in [0.3, 0.4) is 0 Å². The van der Waals surface area contributed by atoms with Gasteiger partial charge in [-0.15, -0.1) is 0 Å². The van der Waals surface area contributed by atoms with Crippen molar-refractivity contribution in [2.75, 3.05) is 7.05 Å². The van der Waals surface area contributed by atoms with Crippen LogP contribution in [0.2, 0.25) is 0 Å². The van der Waals surface area contributed by atoms with Gasteiger partial charge < -0.3 is 4.90 Å². The maximum absolute atomic E-state index is 5.66. The number of halogens is 1. The number of hydrogen-bond donors (Lipinski definition) is 1. The van der Waals surface area contributed by atoms with Crippen molar-refractivity contribution in [1.82, 2.24) is 10.3 Å². The molecule has 0 bridgehead atoms. The Morgan fingerprint density at radius 2 is 2.50 bits per heavy atom. The summed E-state index contributed by atoms with van der Waals surface area (Å²) in [7, 11) is 1.89. The highest BCUT2D eigenvalue weighted by atomic mass is 35.5. The van der Waals surface area contributed by atoms with Gasteiger partial charge in [0.1, 0.15) is 5.84 Å². The molecule has 0 spiro atoms. The molecular formula is C4H8ClN3. The van der Waals surface area contributed by atoms with Gasteiger partial charge in [0.05, 0.1) is 0 Å². The lowest BCUT2D eigenvalue weighted by molar-refractivity contribution is 0.454. The zero-order valence-corrected chi connectivity index (χ0v) is 5.61. The van der Waals surface area contributed by atoms with Crippen LogP contribution >= 0.6 is 11.6 Å². The molecule has 1 atom stereocenters. The molecule has 0 aromatic heterocycles. The molecule has 8 heavy (non-hydrogen) atoms. The summed E-state index contributed by atoms with van der Waals surface area (Å²) < 4.78 is 0. The molecule has 1 unspecified atom stereocenters. The molecule has 1 N–H and O–H groups in total. The number of alkyl halides is 1. The van der Waals surface area contributed by atoms with Gasteiger partial charge in [0, 0.05) is 7.05 Å². The molecular weight excluding hydrogens is 126 g/mol. The first-order valence-electron chi connectivity index (χ1n) is 2.38. The number of rotatable bonds is 0. The summed E-state index contributed by atoms with van der Waals surface area (Å²) in [6.07, 6.45) is 0. The summed E-state index contributed by atoms with van der Waals surface area (Å²) in [5, 5.41) is 3.86. The monoisotopic (exact) mass is 133 g/mol. The Bertz CT molecular complexity index is 122. The van der Waals surface area contributed by atoms with E-state index in [1.807, 2.05) is 18.9 Å². The predicted molar refractivity (Wildman–Crippen MR) is 33.6 cm³/mol. The molecule has 0 fully saturated rings. The van der Waals surface area contributed by atoms with Crippen LogP contribution < -0.4 is 5.43 Å². The number of nitrogens with one attached hydrogen (secondary N) is 1. The van der Waals surface area contributed by atoms with Gasteiger partial charge >= 0.3 is 0 Å². The second-order valence-electron chi connectivity index (χ2n) is 1.73. The van der Waals surface area contributed by atoms with Crippen molar-refractivity contribution >= 4 is 17.4 Å². The van der Waals surface area contributed by atoms with Crippen LogP contribution in [0.5, 0.6) is 0 Å². The molecule has 1 aliphatic rings. The lowest BCUT2D eigenvalue weighted by Gasteiger charge is -2.13. The van der Waals surface area contributed by atoms with E-state index >= 15 is 0 Å². The molecule has 0 amide bonds. The van der Waals surface area contributed by atoms with E-state index < -0.39 is 0 Å². The minimum Gasteiger partial charge on any atom is -0.328 e. The summed E-state index contributed by atoms with van der Waals surface area (Å²) >= 11 is 5.66. The van der Waals surface area contributed by atoms with Crippen LogP contribution in [0.4, 0.5) is 0 Å². The van der Waals surface area contributed by atoms with Crippen molar-refractivity contribution in [3.63, 3.8) is 0 Å². The minimum atomic E-state index is -0.157. The average molecular weight is 134 g/mol. The first kappa shape index (κ1) is 5.69. The minimum absolute atomic E-state index is 0.157. The van der Waals surface area contributed by atoms with Gasteiger partial charge in [-0.05, 0) is 6.92 Å². The van der Waals surface area contributed by atoms with Crippen LogP contribution in [0.25, 0.3) is 0 Å². The second-order valence-corrected chi connectivity index (χ2v) is 2.15. The SMILES string of the molecule is CC1=NNC(Cl)N1C. The van der Waals surface area contributed by atoms with E-state index in [0.717, 1.165) is 5.84 Å². The maximum Gasteiger partial charge on any atom is 0.193 e. The lowest BCUT2D eigenvalue weighted by Crippen LogP contribution is -2.30. The molecule has 0 saturated carbocycles. The Kier molecular flexibility index (Phi) is 1.29. The summed E-state index contributed by atoms with van der Waals surface area (Å²) in [6.45, 7) is 1.90. The first-order chi connectivity index (χ1) is 3.72. The third kappa shape index (κ3) is 0.733. The van der Waals surface area contributed by atoms with Crippen LogP contribution in [0.1, 0.15) is 6.92 Å². The summed E-state index contributed by atoms with van der Waals surface area (Å²) in [4.78, 5) is 1.85. The van der Waals surface area contributed by atoms with Gasteiger partial charge in [-0.2, -0.15) is 5.10 Å². The summed E-state index contributed by atoms with van der Waals surface area (Å²) in [5.74, 6) is 0.921. The molecule has 3 nitrogen and oxygen atoms in total. The molecule has 0 radical (unpaired) electrons. The number of hydrogen-bond acceptors (Lipinski definition) is 3. The molecule has 0 saturated heterocycles. The largest absolute Gasteiger partial charge is 0.328 e. The Labute approximate surface area is 53.3 Å². The van der Waals surface area contributed by atoms with E-state index in [0.29, 0.717) is 0 Å². The fourth-order valence-electron chi connectivity index (χ4n) is 0.476. The second kappa shape index (κ2) is 1.82. The van der Waals surface area contributed by atoms with Crippen LogP contribution in [-0.2, 0) is 0 Å². The van der Waals surface area contributed by atoms with Gasteiger partial charge in [0.25, 0.3) is 0 Å². The highest BCUT2D eigenvalue weighted by molar-refractivity contribution is 6.21. The summed E-state index contributed by atoms with van der Waals surface area (Å²) in [6, 6.07) is 0. The zero-order chi connectivity index (χ0) is 6.15. The lowest BCUT2D eigenvalue weighted by atomic mass is 10.6. The maximum atomic E-state index is 5.66. The molecule has 4 heteroatoms. The van der Waals surface area contributed by atoms with Crippen molar-refractivity contribution in [2.45, 2.75) is 12.5 Å². The van der Waals surface area contributed by atoms with Crippen molar-refractivity contribution < 1.29 is 0 Å². The Morgan fingerprint density at radius 1 is 1.88 bits per heavy atom. The first-order valence-corrected chi connectivity index (χ1v) is 2.82. The van der Waals surface area contributed by atoms with Crippen LogP contribution in [-0.4, -0.2) is 23.4 Å². The fraction of sp³-hybridized carbons (Fsp3) is 0.750. The fourth-order valence-corrected chi connectivity index (χ4v) is 0.666. The molecule has 1 rings (SSSR count). The smallest absolute Gasteiger partial charge is 0.193 e.